The van der Waals surface area contributed by atoms with Gasteiger partial charge in [0.1, 0.15) is 11.5 Å². The van der Waals surface area contributed by atoms with Gasteiger partial charge in [-0.3, -0.25) is 0 Å². The molecule has 0 spiro atoms. The number of pyridine rings is 1. The van der Waals surface area contributed by atoms with E-state index in [1.807, 2.05) is 18.5 Å². The first-order valence-electron chi connectivity index (χ1n) is 5.10. The minimum atomic E-state index is -0.0595. The van der Waals surface area contributed by atoms with Crippen molar-refractivity contribution in [1.29, 1.82) is 0 Å². The van der Waals surface area contributed by atoms with Crippen LogP contribution in [-0.2, 0) is 7.05 Å². The maximum atomic E-state index is 5.82. The summed E-state index contributed by atoms with van der Waals surface area (Å²) in [5, 5.41) is 11.4. The van der Waals surface area contributed by atoms with Crippen LogP contribution in [0, 0.1) is 0 Å². The number of nitrogen functional groups attached to an aromatic ring is 1. The number of nitrogens with one attached hydrogen (secondary N) is 1. The van der Waals surface area contributed by atoms with Crippen molar-refractivity contribution in [3.8, 4) is 0 Å². The zero-order valence-electron chi connectivity index (χ0n) is 9.55. The van der Waals surface area contributed by atoms with Gasteiger partial charge in [0.15, 0.2) is 11.6 Å². The largest absolute Gasteiger partial charge is 0.396 e. The second-order valence-electron chi connectivity index (χ2n) is 3.74. The fraction of sp³-hybridized carbons (Fsp3) is 0.300. The standard InChI is InChI=1S/C10H13ClN6/c1-6(10-16-13-5-17(10)2)14-9-7(12)3-4-8(11)15-9/h3-6H,12H2,1-2H3,(H,14,15). The number of rotatable bonds is 3. The number of nitrogens with two attached hydrogens (primary N) is 1. The zero-order valence-corrected chi connectivity index (χ0v) is 10.3. The van der Waals surface area contributed by atoms with Crippen molar-refractivity contribution < 1.29 is 0 Å². The third-order valence-electron chi connectivity index (χ3n) is 2.38. The van der Waals surface area contributed by atoms with Gasteiger partial charge < -0.3 is 15.6 Å². The van der Waals surface area contributed by atoms with Gasteiger partial charge in [0.05, 0.1) is 11.7 Å². The highest BCUT2D eigenvalue weighted by atomic mass is 35.5. The first-order valence-corrected chi connectivity index (χ1v) is 5.48. The lowest BCUT2D eigenvalue weighted by atomic mass is 10.3. The van der Waals surface area contributed by atoms with Crippen LogP contribution in [0.1, 0.15) is 18.8 Å². The van der Waals surface area contributed by atoms with E-state index in [9.17, 15) is 0 Å². The average Bonchev–Trinajstić information content (AvgIpc) is 2.70. The first-order chi connectivity index (χ1) is 8.08. The van der Waals surface area contributed by atoms with Crippen LogP contribution in [0.5, 0.6) is 0 Å². The molecule has 0 fully saturated rings. The molecule has 90 valence electrons. The van der Waals surface area contributed by atoms with E-state index < -0.39 is 0 Å². The van der Waals surface area contributed by atoms with Crippen LogP contribution in [0.3, 0.4) is 0 Å². The van der Waals surface area contributed by atoms with Crippen molar-refractivity contribution in [3.63, 3.8) is 0 Å². The maximum Gasteiger partial charge on any atom is 0.154 e. The molecule has 7 heteroatoms. The van der Waals surface area contributed by atoms with Crippen LogP contribution in [0.2, 0.25) is 5.15 Å². The van der Waals surface area contributed by atoms with Crippen LogP contribution < -0.4 is 11.1 Å². The second kappa shape index (κ2) is 4.58. The number of hydrogen-bond acceptors (Lipinski definition) is 5. The molecule has 0 aromatic carbocycles. The highest BCUT2D eigenvalue weighted by molar-refractivity contribution is 6.29. The number of hydrogen-bond donors (Lipinski definition) is 2. The SMILES string of the molecule is CC(Nc1nc(Cl)ccc1N)c1nncn1C. The number of halogens is 1. The summed E-state index contributed by atoms with van der Waals surface area (Å²) in [6.07, 6.45) is 1.64. The topological polar surface area (TPSA) is 81.7 Å². The second-order valence-corrected chi connectivity index (χ2v) is 4.13. The molecule has 0 bridgehead atoms. The Balaban J connectivity index is 2.21. The molecule has 17 heavy (non-hydrogen) atoms. The van der Waals surface area contributed by atoms with Gasteiger partial charge in [0.25, 0.3) is 0 Å². The van der Waals surface area contributed by atoms with Crippen LogP contribution >= 0.6 is 11.6 Å². The number of aryl methyl sites for hydroxylation is 1. The van der Waals surface area contributed by atoms with Gasteiger partial charge in [-0.1, -0.05) is 11.6 Å². The van der Waals surface area contributed by atoms with E-state index in [4.69, 9.17) is 17.3 Å². The third kappa shape index (κ3) is 2.47. The van der Waals surface area contributed by atoms with Crippen LogP contribution in [-0.4, -0.2) is 19.7 Å². The molecule has 2 rings (SSSR count). The summed E-state index contributed by atoms with van der Waals surface area (Å²) in [4.78, 5) is 4.12. The molecule has 0 saturated carbocycles. The van der Waals surface area contributed by atoms with Crippen molar-refractivity contribution >= 4 is 23.1 Å². The molecule has 0 aliphatic rings. The van der Waals surface area contributed by atoms with Gasteiger partial charge in [0.2, 0.25) is 0 Å². The average molecular weight is 253 g/mol. The van der Waals surface area contributed by atoms with E-state index in [0.29, 0.717) is 16.7 Å². The lowest BCUT2D eigenvalue weighted by Gasteiger charge is -2.15. The quantitative estimate of drug-likeness (QED) is 0.812. The summed E-state index contributed by atoms with van der Waals surface area (Å²) in [6.45, 7) is 1.95. The summed E-state index contributed by atoms with van der Waals surface area (Å²) >= 11 is 5.82. The van der Waals surface area contributed by atoms with Gasteiger partial charge in [0, 0.05) is 7.05 Å². The molecular formula is C10H13ClN6. The van der Waals surface area contributed by atoms with E-state index in [1.165, 1.54) is 0 Å². The van der Waals surface area contributed by atoms with Crippen LogP contribution in [0.4, 0.5) is 11.5 Å². The molecule has 0 amide bonds. The van der Waals surface area contributed by atoms with Gasteiger partial charge >= 0.3 is 0 Å². The Hall–Kier alpha value is -1.82. The number of nitrogens with zero attached hydrogens (tertiary/aromatic N) is 4. The van der Waals surface area contributed by atoms with E-state index in [2.05, 4.69) is 20.5 Å². The molecule has 2 heterocycles. The minimum Gasteiger partial charge on any atom is -0.396 e. The third-order valence-corrected chi connectivity index (χ3v) is 2.59. The Morgan fingerprint density at radius 2 is 2.24 bits per heavy atom. The fourth-order valence-electron chi connectivity index (χ4n) is 1.52. The van der Waals surface area contributed by atoms with Crippen molar-refractivity contribution in [2.45, 2.75) is 13.0 Å². The Morgan fingerprint density at radius 3 is 2.88 bits per heavy atom. The summed E-state index contributed by atoms with van der Waals surface area (Å²) in [5.74, 6) is 1.35. The summed E-state index contributed by atoms with van der Waals surface area (Å²) in [5.41, 5.74) is 6.35. The Morgan fingerprint density at radius 1 is 1.47 bits per heavy atom. The van der Waals surface area contributed by atoms with Crippen molar-refractivity contribution in [2.75, 3.05) is 11.1 Å². The monoisotopic (exact) mass is 252 g/mol. The smallest absolute Gasteiger partial charge is 0.154 e. The van der Waals surface area contributed by atoms with Crippen molar-refractivity contribution in [1.82, 2.24) is 19.7 Å². The molecule has 6 nitrogen and oxygen atoms in total. The van der Waals surface area contributed by atoms with E-state index >= 15 is 0 Å². The van der Waals surface area contributed by atoms with Crippen molar-refractivity contribution in [2.24, 2.45) is 7.05 Å². The Labute approximate surface area is 104 Å². The molecule has 0 saturated heterocycles. The van der Waals surface area contributed by atoms with Crippen molar-refractivity contribution in [3.05, 3.63) is 29.4 Å². The molecular weight excluding hydrogens is 240 g/mol. The molecule has 2 aromatic heterocycles. The van der Waals surface area contributed by atoms with Gasteiger partial charge in [-0.2, -0.15) is 0 Å². The molecule has 0 aliphatic heterocycles. The Kier molecular flexibility index (Phi) is 3.14. The van der Waals surface area contributed by atoms with Gasteiger partial charge in [-0.25, -0.2) is 4.98 Å². The lowest BCUT2D eigenvalue weighted by molar-refractivity contribution is 0.717. The molecule has 0 aliphatic carbocycles. The summed E-state index contributed by atoms with van der Waals surface area (Å²) < 4.78 is 1.83. The first kappa shape index (κ1) is 11.7. The molecule has 1 unspecified atom stereocenters. The van der Waals surface area contributed by atoms with E-state index in [-0.39, 0.29) is 6.04 Å². The fourth-order valence-corrected chi connectivity index (χ4v) is 1.66. The summed E-state index contributed by atoms with van der Waals surface area (Å²) in [6, 6.07) is 3.30. The normalized spacial score (nSPS) is 12.4. The van der Waals surface area contributed by atoms with Crippen LogP contribution in [0.15, 0.2) is 18.5 Å². The maximum absolute atomic E-state index is 5.82. The highest BCUT2D eigenvalue weighted by Crippen LogP contribution is 2.22. The summed E-state index contributed by atoms with van der Waals surface area (Å²) in [7, 11) is 1.88. The molecule has 2 aromatic rings. The predicted molar refractivity (Wildman–Crippen MR) is 66.7 cm³/mol. The predicted octanol–water partition coefficient (Wildman–Crippen LogP) is 1.62. The minimum absolute atomic E-state index is 0.0595. The Bertz CT molecular complexity index is 523. The number of anilines is 2. The van der Waals surface area contributed by atoms with E-state index in [1.54, 1.807) is 18.5 Å². The lowest BCUT2D eigenvalue weighted by Crippen LogP contribution is -2.14. The van der Waals surface area contributed by atoms with Gasteiger partial charge in [-0.05, 0) is 19.1 Å². The molecule has 1 atom stereocenters. The highest BCUT2D eigenvalue weighted by Gasteiger charge is 2.13. The molecule has 0 radical (unpaired) electrons. The van der Waals surface area contributed by atoms with Gasteiger partial charge in [-0.15, -0.1) is 10.2 Å². The van der Waals surface area contributed by atoms with E-state index in [0.717, 1.165) is 5.82 Å². The van der Waals surface area contributed by atoms with Crippen LogP contribution in [0.25, 0.3) is 0 Å². The zero-order chi connectivity index (χ0) is 12.4. The number of aromatic nitrogens is 4. The molecule has 3 N–H and O–H groups in total.